The lowest BCUT2D eigenvalue weighted by atomic mass is 10.1. The summed E-state index contributed by atoms with van der Waals surface area (Å²) >= 11 is 0. The van der Waals surface area contributed by atoms with Gasteiger partial charge in [-0.15, -0.1) is 0 Å². The number of aromatic nitrogens is 5. The summed E-state index contributed by atoms with van der Waals surface area (Å²) in [6, 6.07) is 15.2. The summed E-state index contributed by atoms with van der Waals surface area (Å²) < 4.78 is 0. The second-order valence-corrected chi connectivity index (χ2v) is 7.22. The molecule has 0 aliphatic carbocycles. The molecule has 0 radical (unpaired) electrons. The molecule has 3 aromatic heterocycles. The maximum Gasteiger partial charge on any atom is 0.273 e. The zero-order valence-electron chi connectivity index (χ0n) is 16.3. The number of hydrogen-bond donors (Lipinski definition) is 5. The Labute approximate surface area is 170 Å². The Hall–Kier alpha value is -4.07. The fourth-order valence-electron chi connectivity index (χ4n) is 3.78. The smallest absolute Gasteiger partial charge is 0.273 e. The van der Waals surface area contributed by atoms with Crippen LogP contribution in [-0.2, 0) is 6.42 Å². The van der Waals surface area contributed by atoms with Gasteiger partial charge in [0.1, 0.15) is 0 Å². The van der Waals surface area contributed by atoms with Crippen molar-refractivity contribution in [1.29, 1.82) is 0 Å². The molecule has 0 bridgehead atoms. The highest BCUT2D eigenvalue weighted by Crippen LogP contribution is 2.31. The highest BCUT2D eigenvalue weighted by Gasteiger charge is 2.16. The van der Waals surface area contributed by atoms with E-state index in [2.05, 4.69) is 32.6 Å². The van der Waals surface area contributed by atoms with Crippen molar-refractivity contribution >= 4 is 33.2 Å². The summed E-state index contributed by atoms with van der Waals surface area (Å²) in [4.78, 5) is 29.2. The van der Waals surface area contributed by atoms with Crippen LogP contribution in [0.5, 0.6) is 0 Å². The molecule has 0 amide bonds. The number of aromatic amines is 4. The topological polar surface area (TPSA) is 122 Å². The monoisotopic (exact) mass is 400 g/mol. The standard InChI is InChI=1S/C22H20N6O2/c1-2-5-17-20(22(30)28-26-17)19-11-18(13-6-3-4-7-15(13)24-19)23-12-8-9-16-14(10-12)21(29)27-25-16/h3-4,6-11H,2,5H2,1H3,(H,23,24)(H2,25,27,29)(H2,26,28,30). The van der Waals surface area contributed by atoms with Crippen LogP contribution in [0, 0.1) is 0 Å². The number of nitrogens with one attached hydrogen (secondary N) is 5. The molecule has 0 unspecified atom stereocenters. The molecule has 5 N–H and O–H groups in total. The molecule has 30 heavy (non-hydrogen) atoms. The lowest BCUT2D eigenvalue weighted by Crippen LogP contribution is -2.05. The number of anilines is 2. The van der Waals surface area contributed by atoms with Gasteiger partial charge < -0.3 is 10.4 Å². The first-order chi connectivity index (χ1) is 14.6. The van der Waals surface area contributed by atoms with E-state index in [1.807, 2.05) is 42.5 Å². The van der Waals surface area contributed by atoms with Gasteiger partial charge in [0.2, 0.25) is 0 Å². The zero-order valence-corrected chi connectivity index (χ0v) is 16.3. The summed E-state index contributed by atoms with van der Waals surface area (Å²) in [7, 11) is 0. The van der Waals surface area contributed by atoms with Crippen LogP contribution in [0.15, 0.2) is 58.1 Å². The number of fused-ring (bicyclic) bond motifs is 2. The van der Waals surface area contributed by atoms with Crippen LogP contribution < -0.4 is 16.4 Å². The molecule has 0 fully saturated rings. The van der Waals surface area contributed by atoms with Crippen LogP contribution in [0.4, 0.5) is 11.4 Å². The summed E-state index contributed by atoms with van der Waals surface area (Å²) in [6.45, 7) is 2.06. The first kappa shape index (κ1) is 18.0. The second kappa shape index (κ2) is 7.07. The number of pyridine rings is 1. The molecule has 8 nitrogen and oxygen atoms in total. The van der Waals surface area contributed by atoms with E-state index in [4.69, 9.17) is 4.98 Å². The number of benzene rings is 2. The molecule has 8 heteroatoms. The van der Waals surface area contributed by atoms with Crippen LogP contribution in [-0.4, -0.2) is 25.4 Å². The first-order valence-electron chi connectivity index (χ1n) is 9.81. The predicted octanol–water partition coefficient (Wildman–Crippen LogP) is 3.78. The van der Waals surface area contributed by atoms with Crippen molar-refractivity contribution in [1.82, 2.24) is 25.4 Å². The van der Waals surface area contributed by atoms with Gasteiger partial charge in [-0.3, -0.25) is 24.9 Å². The van der Waals surface area contributed by atoms with Gasteiger partial charge in [-0.1, -0.05) is 31.5 Å². The van der Waals surface area contributed by atoms with E-state index >= 15 is 0 Å². The van der Waals surface area contributed by atoms with E-state index in [0.717, 1.165) is 46.3 Å². The number of para-hydroxylation sites is 1. The molecule has 5 rings (SSSR count). The largest absolute Gasteiger partial charge is 0.355 e. The van der Waals surface area contributed by atoms with Crippen LogP contribution in [0.2, 0.25) is 0 Å². The van der Waals surface area contributed by atoms with E-state index in [1.54, 1.807) is 6.07 Å². The summed E-state index contributed by atoms with van der Waals surface area (Å²) in [5.74, 6) is 0. The Balaban J connectivity index is 1.67. The van der Waals surface area contributed by atoms with Crippen LogP contribution in [0.25, 0.3) is 33.1 Å². The Morgan fingerprint density at radius 1 is 0.900 bits per heavy atom. The van der Waals surface area contributed by atoms with Gasteiger partial charge >= 0.3 is 0 Å². The van der Waals surface area contributed by atoms with E-state index < -0.39 is 0 Å². The number of H-pyrrole nitrogens is 4. The van der Waals surface area contributed by atoms with Crippen LogP contribution in [0.3, 0.4) is 0 Å². The molecule has 0 saturated carbocycles. The molecule has 2 aromatic carbocycles. The SMILES string of the molecule is CCCc1[nH][nH]c(=O)c1-c1cc(Nc2ccc3[nH][nH]c(=O)c3c2)c2ccccc2n1. The van der Waals surface area contributed by atoms with E-state index in [1.165, 1.54) is 0 Å². The van der Waals surface area contributed by atoms with Crippen molar-refractivity contribution in [2.75, 3.05) is 5.32 Å². The van der Waals surface area contributed by atoms with Gasteiger partial charge in [-0.05, 0) is 36.8 Å². The lowest BCUT2D eigenvalue weighted by molar-refractivity contribution is 0.866. The minimum absolute atomic E-state index is 0.169. The molecule has 150 valence electrons. The Morgan fingerprint density at radius 3 is 2.60 bits per heavy atom. The molecule has 0 aliphatic heterocycles. The molecule has 5 aromatic rings. The second-order valence-electron chi connectivity index (χ2n) is 7.22. The average molecular weight is 400 g/mol. The van der Waals surface area contributed by atoms with Gasteiger partial charge in [0.05, 0.1) is 33.4 Å². The van der Waals surface area contributed by atoms with Crippen molar-refractivity contribution < 1.29 is 0 Å². The average Bonchev–Trinajstić information content (AvgIpc) is 3.30. The first-order valence-corrected chi connectivity index (χ1v) is 9.81. The van der Waals surface area contributed by atoms with Crippen molar-refractivity contribution in [2.45, 2.75) is 19.8 Å². The summed E-state index contributed by atoms with van der Waals surface area (Å²) in [5, 5.41) is 16.0. The number of nitrogens with zero attached hydrogens (tertiary/aromatic N) is 1. The van der Waals surface area contributed by atoms with Gasteiger partial charge in [0.15, 0.2) is 0 Å². The molecule has 3 heterocycles. The molecule has 0 saturated heterocycles. The minimum Gasteiger partial charge on any atom is -0.355 e. The fraction of sp³-hybridized carbons (Fsp3) is 0.136. The van der Waals surface area contributed by atoms with Crippen molar-refractivity contribution in [3.8, 4) is 11.3 Å². The molecular weight excluding hydrogens is 380 g/mol. The van der Waals surface area contributed by atoms with E-state index in [0.29, 0.717) is 16.6 Å². The third-order valence-corrected chi connectivity index (χ3v) is 5.18. The van der Waals surface area contributed by atoms with Gasteiger partial charge in [-0.2, -0.15) is 0 Å². The quantitative estimate of drug-likeness (QED) is 0.308. The van der Waals surface area contributed by atoms with Crippen molar-refractivity contribution in [2.24, 2.45) is 0 Å². The maximum absolute atomic E-state index is 12.5. The normalized spacial score (nSPS) is 11.4. The number of rotatable bonds is 5. The third kappa shape index (κ3) is 2.98. The number of aryl methyl sites for hydroxylation is 1. The maximum atomic E-state index is 12.5. The van der Waals surface area contributed by atoms with Crippen LogP contribution >= 0.6 is 0 Å². The number of hydrogen-bond acceptors (Lipinski definition) is 4. The Kier molecular flexibility index (Phi) is 4.24. The Bertz CT molecular complexity index is 1490. The summed E-state index contributed by atoms with van der Waals surface area (Å²) in [5.41, 5.74) is 4.75. The van der Waals surface area contributed by atoms with Gasteiger partial charge in [-0.25, -0.2) is 4.98 Å². The van der Waals surface area contributed by atoms with E-state index in [9.17, 15) is 9.59 Å². The predicted molar refractivity (Wildman–Crippen MR) is 118 cm³/mol. The molecule has 0 spiro atoms. The molecular formula is C22H20N6O2. The fourth-order valence-corrected chi connectivity index (χ4v) is 3.78. The van der Waals surface area contributed by atoms with Gasteiger partial charge in [0.25, 0.3) is 11.1 Å². The van der Waals surface area contributed by atoms with Crippen molar-refractivity contribution in [3.05, 3.63) is 74.9 Å². The highest BCUT2D eigenvalue weighted by atomic mass is 16.1. The minimum atomic E-state index is -0.188. The van der Waals surface area contributed by atoms with Crippen LogP contribution in [0.1, 0.15) is 19.0 Å². The summed E-state index contributed by atoms with van der Waals surface area (Å²) in [6.07, 6.45) is 1.66. The third-order valence-electron chi connectivity index (χ3n) is 5.18. The van der Waals surface area contributed by atoms with E-state index in [-0.39, 0.29) is 11.1 Å². The highest BCUT2D eigenvalue weighted by molar-refractivity contribution is 5.96. The molecule has 0 aliphatic rings. The molecule has 0 atom stereocenters. The van der Waals surface area contributed by atoms with Gasteiger partial charge in [0, 0.05) is 16.8 Å². The zero-order chi connectivity index (χ0) is 20.7. The Morgan fingerprint density at radius 2 is 1.73 bits per heavy atom. The lowest BCUT2D eigenvalue weighted by Gasteiger charge is -2.12. The van der Waals surface area contributed by atoms with Crippen molar-refractivity contribution in [3.63, 3.8) is 0 Å².